The second kappa shape index (κ2) is 6.93. The monoisotopic (exact) mass is 323 g/mol. The minimum Gasteiger partial charge on any atom is -0.480 e. The van der Waals surface area contributed by atoms with E-state index in [0.29, 0.717) is 12.2 Å². The summed E-state index contributed by atoms with van der Waals surface area (Å²) in [6.07, 6.45) is 0.418. The van der Waals surface area contributed by atoms with Crippen LogP contribution in [0, 0.1) is 0 Å². The van der Waals surface area contributed by atoms with Crippen LogP contribution in [-0.2, 0) is 15.3 Å². The van der Waals surface area contributed by atoms with Crippen molar-refractivity contribution in [1.29, 1.82) is 0 Å². The number of amides is 1. The number of aliphatic carboxylic acids is 1. The molecule has 0 fully saturated rings. The highest BCUT2D eigenvalue weighted by Crippen LogP contribution is 2.24. The third kappa shape index (κ3) is 4.54. The maximum atomic E-state index is 10.7. The van der Waals surface area contributed by atoms with Crippen molar-refractivity contribution < 1.29 is 14.7 Å². The van der Waals surface area contributed by atoms with Crippen molar-refractivity contribution in [3.8, 4) is 0 Å². The Balaban J connectivity index is 2.33. The van der Waals surface area contributed by atoms with Crippen LogP contribution in [0.3, 0.4) is 0 Å². The van der Waals surface area contributed by atoms with Gasteiger partial charge in [0.2, 0.25) is 6.41 Å². The Labute approximate surface area is 110 Å². The zero-order chi connectivity index (χ0) is 12.0. The first-order valence-electron chi connectivity index (χ1n) is 4.36. The van der Waals surface area contributed by atoms with Crippen LogP contribution in [0.4, 0.5) is 0 Å². The van der Waals surface area contributed by atoms with Crippen LogP contribution in [0.25, 0.3) is 0 Å². The van der Waals surface area contributed by atoms with Crippen LogP contribution in [-0.4, -0.2) is 29.3 Å². The number of thiophene rings is 1. The van der Waals surface area contributed by atoms with Gasteiger partial charge in [-0.05, 0) is 22.0 Å². The number of thioether (sulfide) groups is 1. The maximum Gasteiger partial charge on any atom is 0.327 e. The fourth-order valence-corrected chi connectivity index (χ4v) is 3.61. The van der Waals surface area contributed by atoms with Gasteiger partial charge in [0.25, 0.3) is 0 Å². The van der Waals surface area contributed by atoms with E-state index in [0.717, 1.165) is 10.2 Å². The molecule has 1 heterocycles. The zero-order valence-corrected chi connectivity index (χ0v) is 11.4. The van der Waals surface area contributed by atoms with Crippen molar-refractivity contribution in [3.05, 3.63) is 20.8 Å². The molecule has 1 atom stereocenters. The Morgan fingerprint density at radius 2 is 2.50 bits per heavy atom. The highest BCUT2D eigenvalue weighted by molar-refractivity contribution is 9.10. The van der Waals surface area contributed by atoms with E-state index < -0.39 is 12.0 Å². The molecule has 0 aliphatic heterocycles. The Hall–Kier alpha value is -0.530. The lowest BCUT2D eigenvalue weighted by molar-refractivity contribution is -0.139. The average Bonchev–Trinajstić information content (AvgIpc) is 2.63. The lowest BCUT2D eigenvalue weighted by Gasteiger charge is -2.09. The average molecular weight is 324 g/mol. The molecule has 1 amide bonds. The first kappa shape index (κ1) is 13.5. The van der Waals surface area contributed by atoms with Crippen LogP contribution in [0.1, 0.15) is 4.88 Å². The molecule has 1 unspecified atom stereocenters. The molecule has 16 heavy (non-hydrogen) atoms. The fraction of sp³-hybridized carbons (Fsp3) is 0.333. The van der Waals surface area contributed by atoms with E-state index in [-0.39, 0.29) is 0 Å². The number of carboxylic acid groups (broad SMARTS) is 1. The first-order valence-corrected chi connectivity index (χ1v) is 7.19. The van der Waals surface area contributed by atoms with Crippen LogP contribution in [0.5, 0.6) is 0 Å². The Morgan fingerprint density at radius 3 is 3.00 bits per heavy atom. The summed E-state index contributed by atoms with van der Waals surface area (Å²) in [4.78, 5) is 22.0. The van der Waals surface area contributed by atoms with E-state index >= 15 is 0 Å². The summed E-state index contributed by atoms with van der Waals surface area (Å²) in [6, 6.07) is 1.19. The summed E-state index contributed by atoms with van der Waals surface area (Å²) in [5, 5.41) is 13.0. The third-order valence-electron chi connectivity index (χ3n) is 1.72. The number of carbonyl (C=O) groups is 2. The van der Waals surface area contributed by atoms with Crippen molar-refractivity contribution in [3.63, 3.8) is 0 Å². The molecule has 2 N–H and O–H groups in total. The second-order valence-electron chi connectivity index (χ2n) is 2.92. The molecule has 7 heteroatoms. The molecule has 1 aromatic rings. The number of hydrogen-bond donors (Lipinski definition) is 2. The van der Waals surface area contributed by atoms with E-state index in [9.17, 15) is 9.59 Å². The van der Waals surface area contributed by atoms with Gasteiger partial charge in [0.05, 0.1) is 0 Å². The molecular weight excluding hydrogens is 314 g/mol. The van der Waals surface area contributed by atoms with Crippen LogP contribution in [0.2, 0.25) is 0 Å². The minimum absolute atomic E-state index is 0.365. The highest BCUT2D eigenvalue weighted by atomic mass is 79.9. The number of hydrogen-bond acceptors (Lipinski definition) is 4. The topological polar surface area (TPSA) is 66.4 Å². The molecule has 0 aliphatic carbocycles. The summed E-state index contributed by atoms with van der Waals surface area (Å²) in [7, 11) is 0. The minimum atomic E-state index is -1.01. The summed E-state index contributed by atoms with van der Waals surface area (Å²) in [6.45, 7) is 0. The fourth-order valence-electron chi connectivity index (χ4n) is 0.980. The molecule has 0 saturated carbocycles. The molecule has 0 aliphatic rings. The standard InChI is InChI=1S/C9H10BrNO3S2/c10-6-1-7(16-2-6)3-15-4-8(9(13)14)11-5-12/h1-2,5,8H,3-4H2,(H,11,12)(H,13,14). The molecule has 0 aromatic carbocycles. The molecule has 0 saturated heterocycles. The van der Waals surface area contributed by atoms with Gasteiger partial charge >= 0.3 is 5.97 Å². The van der Waals surface area contributed by atoms with Gasteiger partial charge in [-0.2, -0.15) is 11.8 Å². The second-order valence-corrected chi connectivity index (χ2v) is 5.86. The number of halogens is 1. The number of carboxylic acids is 1. The van der Waals surface area contributed by atoms with Crippen molar-refractivity contribution >= 4 is 51.4 Å². The number of carbonyl (C=O) groups excluding carboxylic acids is 1. The normalized spacial score (nSPS) is 12.1. The van der Waals surface area contributed by atoms with Gasteiger partial charge < -0.3 is 10.4 Å². The van der Waals surface area contributed by atoms with Gasteiger partial charge in [0, 0.05) is 26.2 Å². The molecule has 1 rings (SSSR count). The SMILES string of the molecule is O=CNC(CSCc1cc(Br)cs1)C(=O)O. The molecule has 0 spiro atoms. The molecule has 0 radical (unpaired) electrons. The summed E-state index contributed by atoms with van der Waals surface area (Å²) < 4.78 is 1.04. The molecule has 88 valence electrons. The largest absolute Gasteiger partial charge is 0.480 e. The quantitative estimate of drug-likeness (QED) is 0.752. The van der Waals surface area contributed by atoms with Gasteiger partial charge in [-0.15, -0.1) is 11.3 Å². The summed E-state index contributed by atoms with van der Waals surface area (Å²) in [5.41, 5.74) is 0. The van der Waals surface area contributed by atoms with Crippen molar-refractivity contribution in [2.24, 2.45) is 0 Å². The van der Waals surface area contributed by atoms with Crippen LogP contribution < -0.4 is 5.32 Å². The van der Waals surface area contributed by atoms with E-state index in [2.05, 4.69) is 21.2 Å². The Kier molecular flexibility index (Phi) is 5.86. The van der Waals surface area contributed by atoms with Crippen LogP contribution in [0.15, 0.2) is 15.9 Å². The Morgan fingerprint density at radius 1 is 1.75 bits per heavy atom. The Bertz CT molecular complexity index is 369. The van der Waals surface area contributed by atoms with E-state index in [4.69, 9.17) is 5.11 Å². The lowest BCUT2D eigenvalue weighted by atomic mass is 10.3. The number of nitrogens with one attached hydrogen (secondary N) is 1. The first-order chi connectivity index (χ1) is 7.63. The lowest BCUT2D eigenvalue weighted by Crippen LogP contribution is -2.37. The predicted octanol–water partition coefficient (Wildman–Crippen LogP) is 1.94. The highest BCUT2D eigenvalue weighted by Gasteiger charge is 2.15. The van der Waals surface area contributed by atoms with Crippen molar-refractivity contribution in [1.82, 2.24) is 5.32 Å². The molecule has 1 aromatic heterocycles. The third-order valence-corrected chi connectivity index (χ3v) is 4.68. The van der Waals surface area contributed by atoms with Gasteiger partial charge in [0.15, 0.2) is 0 Å². The summed E-state index contributed by atoms with van der Waals surface area (Å²) in [5.74, 6) is 0.108. The van der Waals surface area contributed by atoms with Crippen molar-refractivity contribution in [2.45, 2.75) is 11.8 Å². The van der Waals surface area contributed by atoms with Gasteiger partial charge in [0.1, 0.15) is 6.04 Å². The molecule has 0 bridgehead atoms. The predicted molar refractivity (Wildman–Crippen MR) is 68.8 cm³/mol. The maximum absolute atomic E-state index is 10.7. The zero-order valence-electron chi connectivity index (χ0n) is 8.18. The van der Waals surface area contributed by atoms with Gasteiger partial charge in [-0.1, -0.05) is 0 Å². The van der Waals surface area contributed by atoms with E-state index in [1.54, 1.807) is 11.3 Å². The molecular formula is C9H10BrNO3S2. The van der Waals surface area contributed by atoms with Crippen LogP contribution >= 0.6 is 39.0 Å². The molecule has 4 nitrogen and oxygen atoms in total. The smallest absolute Gasteiger partial charge is 0.327 e. The van der Waals surface area contributed by atoms with E-state index in [1.165, 1.54) is 16.6 Å². The van der Waals surface area contributed by atoms with E-state index in [1.807, 2.05) is 11.4 Å². The van der Waals surface area contributed by atoms with Gasteiger partial charge in [-0.3, -0.25) is 4.79 Å². The summed E-state index contributed by atoms with van der Waals surface area (Å²) >= 11 is 6.45. The van der Waals surface area contributed by atoms with Crippen molar-refractivity contribution in [2.75, 3.05) is 5.75 Å². The number of rotatable bonds is 7. The van der Waals surface area contributed by atoms with Gasteiger partial charge in [-0.25, -0.2) is 4.79 Å².